The van der Waals surface area contributed by atoms with Gasteiger partial charge in [-0.3, -0.25) is 4.79 Å². The molecule has 1 aromatic heterocycles. The van der Waals surface area contributed by atoms with Crippen LogP contribution in [0, 0.1) is 13.8 Å². The van der Waals surface area contributed by atoms with Gasteiger partial charge in [-0.25, -0.2) is 9.48 Å². The lowest BCUT2D eigenvalue weighted by Crippen LogP contribution is -2.45. The predicted octanol–water partition coefficient (Wildman–Crippen LogP) is 3.20. The monoisotopic (exact) mass is 421 g/mol. The molecule has 160 valence electrons. The highest BCUT2D eigenvalue weighted by Crippen LogP contribution is 2.33. The molecule has 8 nitrogen and oxygen atoms in total. The maximum atomic E-state index is 12.5. The van der Waals surface area contributed by atoms with Gasteiger partial charge in [0.2, 0.25) is 6.10 Å². The van der Waals surface area contributed by atoms with Gasteiger partial charge in [-0.05, 0) is 45.0 Å². The molecular formula is C23H23N3O5. The molecule has 0 saturated heterocycles. The fraction of sp³-hybridized carbons (Fsp3) is 0.261. The van der Waals surface area contributed by atoms with Gasteiger partial charge in [0.15, 0.2) is 18.1 Å². The van der Waals surface area contributed by atoms with Gasteiger partial charge in [0.25, 0.3) is 5.91 Å². The number of aryl methyl sites for hydroxylation is 2. The Morgan fingerprint density at radius 3 is 2.45 bits per heavy atom. The highest BCUT2D eigenvalue weighted by Gasteiger charge is 2.35. The second-order valence-corrected chi connectivity index (χ2v) is 7.38. The van der Waals surface area contributed by atoms with Crippen LogP contribution in [-0.4, -0.2) is 40.5 Å². The maximum Gasteiger partial charge on any atom is 0.351 e. The normalized spacial score (nSPS) is 17.1. The van der Waals surface area contributed by atoms with Crippen molar-refractivity contribution in [1.82, 2.24) is 9.78 Å². The van der Waals surface area contributed by atoms with Gasteiger partial charge in [0.05, 0.1) is 11.4 Å². The highest BCUT2D eigenvalue weighted by molar-refractivity contribution is 5.92. The third-order valence-corrected chi connectivity index (χ3v) is 4.80. The number of nitrogens with zero attached hydrogens (tertiary/aromatic N) is 2. The minimum absolute atomic E-state index is 0.453. The molecule has 31 heavy (non-hydrogen) atoms. The van der Waals surface area contributed by atoms with Crippen molar-refractivity contribution in [3.05, 3.63) is 65.9 Å². The lowest BCUT2D eigenvalue weighted by Gasteiger charge is -2.30. The Morgan fingerprint density at radius 2 is 1.74 bits per heavy atom. The molecule has 1 amide bonds. The van der Waals surface area contributed by atoms with Gasteiger partial charge in [-0.15, -0.1) is 0 Å². The lowest BCUT2D eigenvalue weighted by atomic mass is 10.2. The van der Waals surface area contributed by atoms with E-state index in [1.165, 1.54) is 0 Å². The molecule has 4 rings (SSSR count). The van der Waals surface area contributed by atoms with Crippen LogP contribution in [0.15, 0.2) is 54.6 Å². The Bertz CT molecular complexity index is 1110. The molecule has 1 aliphatic rings. The van der Waals surface area contributed by atoms with E-state index < -0.39 is 30.7 Å². The van der Waals surface area contributed by atoms with Crippen LogP contribution in [0.3, 0.4) is 0 Å². The van der Waals surface area contributed by atoms with Crippen molar-refractivity contribution in [3.63, 3.8) is 0 Å². The van der Waals surface area contributed by atoms with Crippen molar-refractivity contribution in [1.29, 1.82) is 0 Å². The van der Waals surface area contributed by atoms with Crippen LogP contribution in [0.25, 0.3) is 5.69 Å². The van der Waals surface area contributed by atoms with E-state index in [4.69, 9.17) is 14.2 Å². The first kappa shape index (κ1) is 20.5. The van der Waals surface area contributed by atoms with Crippen molar-refractivity contribution < 1.29 is 23.8 Å². The SMILES string of the molecule is Cc1ccc(-n2nc(C)cc2NC(=O)COC(=O)C2Oc3ccccc3OC2C)cc1. The fourth-order valence-electron chi connectivity index (χ4n) is 3.25. The number of hydrogen-bond acceptors (Lipinski definition) is 6. The number of amides is 1. The van der Waals surface area contributed by atoms with E-state index in [0.717, 1.165) is 16.9 Å². The largest absolute Gasteiger partial charge is 0.482 e. The van der Waals surface area contributed by atoms with Crippen molar-refractivity contribution in [3.8, 4) is 17.2 Å². The molecule has 2 unspecified atom stereocenters. The van der Waals surface area contributed by atoms with Crippen LogP contribution in [0.4, 0.5) is 5.82 Å². The number of esters is 1. The van der Waals surface area contributed by atoms with Gasteiger partial charge in [0, 0.05) is 6.07 Å². The summed E-state index contributed by atoms with van der Waals surface area (Å²) >= 11 is 0. The molecule has 0 spiro atoms. The first-order valence-electron chi connectivity index (χ1n) is 9.93. The second kappa shape index (κ2) is 8.51. The number of nitrogens with one attached hydrogen (secondary N) is 1. The van der Waals surface area contributed by atoms with Crippen LogP contribution in [0.1, 0.15) is 18.2 Å². The number of anilines is 1. The number of hydrogen-bond donors (Lipinski definition) is 1. The summed E-state index contributed by atoms with van der Waals surface area (Å²) in [5, 5.41) is 7.16. The van der Waals surface area contributed by atoms with Gasteiger partial charge < -0.3 is 19.5 Å². The summed E-state index contributed by atoms with van der Waals surface area (Å²) in [6.07, 6.45) is -1.50. The van der Waals surface area contributed by atoms with Crippen LogP contribution in [0.2, 0.25) is 0 Å². The van der Waals surface area contributed by atoms with Crippen molar-refractivity contribution in [2.75, 3.05) is 11.9 Å². The number of fused-ring (bicyclic) bond motifs is 1. The molecule has 1 N–H and O–H groups in total. The van der Waals surface area contributed by atoms with E-state index in [0.29, 0.717) is 17.3 Å². The zero-order chi connectivity index (χ0) is 22.0. The first-order valence-corrected chi connectivity index (χ1v) is 9.93. The molecule has 0 bridgehead atoms. The number of rotatable bonds is 5. The van der Waals surface area contributed by atoms with Crippen LogP contribution < -0.4 is 14.8 Å². The lowest BCUT2D eigenvalue weighted by molar-refractivity contribution is -0.159. The van der Waals surface area contributed by atoms with E-state index in [1.54, 1.807) is 35.9 Å². The number of carbonyl (C=O) groups excluding carboxylic acids is 2. The van der Waals surface area contributed by atoms with Crippen LogP contribution >= 0.6 is 0 Å². The first-order chi connectivity index (χ1) is 14.9. The number of aromatic nitrogens is 2. The Hall–Kier alpha value is -3.81. The number of carbonyl (C=O) groups is 2. The Labute approximate surface area is 179 Å². The molecule has 0 radical (unpaired) electrons. The van der Waals surface area contributed by atoms with Gasteiger partial charge >= 0.3 is 5.97 Å². The summed E-state index contributed by atoms with van der Waals surface area (Å²) in [6.45, 7) is 5.09. The standard InChI is InChI=1S/C23H23N3O5/c1-14-8-10-17(11-9-14)26-20(12-15(2)25-26)24-21(27)13-29-23(28)22-16(3)30-18-6-4-5-7-19(18)31-22/h4-12,16,22H,13H2,1-3H3,(H,24,27). The fourth-order valence-corrected chi connectivity index (χ4v) is 3.25. The quantitative estimate of drug-likeness (QED) is 0.636. The van der Waals surface area contributed by atoms with Gasteiger partial charge in [0.1, 0.15) is 11.9 Å². The topological polar surface area (TPSA) is 91.7 Å². The van der Waals surface area contributed by atoms with E-state index in [-0.39, 0.29) is 0 Å². The highest BCUT2D eigenvalue weighted by atomic mass is 16.6. The average molecular weight is 421 g/mol. The number of ether oxygens (including phenoxy) is 3. The zero-order valence-electron chi connectivity index (χ0n) is 17.5. The molecule has 3 aromatic rings. The minimum atomic E-state index is -0.956. The van der Waals surface area contributed by atoms with Crippen molar-refractivity contribution in [2.45, 2.75) is 33.0 Å². The van der Waals surface area contributed by atoms with E-state index in [1.807, 2.05) is 44.2 Å². The van der Waals surface area contributed by atoms with Crippen LogP contribution in [0.5, 0.6) is 11.5 Å². The summed E-state index contributed by atoms with van der Waals surface area (Å²) in [7, 11) is 0. The second-order valence-electron chi connectivity index (χ2n) is 7.38. The molecular weight excluding hydrogens is 398 g/mol. The van der Waals surface area contributed by atoms with Crippen LogP contribution in [-0.2, 0) is 14.3 Å². The molecule has 0 aliphatic carbocycles. The molecule has 0 fully saturated rings. The third-order valence-electron chi connectivity index (χ3n) is 4.80. The van der Waals surface area contributed by atoms with E-state index >= 15 is 0 Å². The molecule has 2 atom stereocenters. The van der Waals surface area contributed by atoms with Gasteiger partial charge in [-0.2, -0.15) is 5.10 Å². The molecule has 8 heteroatoms. The third kappa shape index (κ3) is 4.53. The number of para-hydroxylation sites is 2. The molecule has 2 aromatic carbocycles. The van der Waals surface area contributed by atoms with E-state index in [2.05, 4.69) is 10.4 Å². The Balaban J connectivity index is 1.38. The average Bonchev–Trinajstić information content (AvgIpc) is 3.12. The summed E-state index contributed by atoms with van der Waals surface area (Å²) < 4.78 is 18.2. The molecule has 2 heterocycles. The molecule has 0 saturated carbocycles. The molecule has 1 aliphatic heterocycles. The van der Waals surface area contributed by atoms with Crippen molar-refractivity contribution >= 4 is 17.7 Å². The van der Waals surface area contributed by atoms with E-state index in [9.17, 15) is 9.59 Å². The zero-order valence-corrected chi connectivity index (χ0v) is 17.5. The Kier molecular flexibility index (Phi) is 5.62. The Morgan fingerprint density at radius 1 is 1.06 bits per heavy atom. The summed E-state index contributed by atoms with van der Waals surface area (Å²) in [4.78, 5) is 24.9. The van der Waals surface area contributed by atoms with Crippen molar-refractivity contribution in [2.24, 2.45) is 0 Å². The minimum Gasteiger partial charge on any atom is -0.482 e. The predicted molar refractivity (Wildman–Crippen MR) is 114 cm³/mol. The maximum absolute atomic E-state index is 12.5. The smallest absolute Gasteiger partial charge is 0.351 e. The number of benzene rings is 2. The summed E-state index contributed by atoms with van der Waals surface area (Å²) in [5.41, 5.74) is 2.68. The summed E-state index contributed by atoms with van der Waals surface area (Å²) in [5.74, 6) is 0.370. The van der Waals surface area contributed by atoms with Gasteiger partial charge in [-0.1, -0.05) is 29.8 Å². The summed E-state index contributed by atoms with van der Waals surface area (Å²) in [6, 6.07) is 16.6.